The molecular formula is C20H23N3O3. The summed E-state index contributed by atoms with van der Waals surface area (Å²) in [5.74, 6) is -0.426. The summed E-state index contributed by atoms with van der Waals surface area (Å²) in [7, 11) is 1.59. The Kier molecular flexibility index (Phi) is 5.21. The van der Waals surface area contributed by atoms with Crippen LogP contribution in [0.25, 0.3) is 11.3 Å². The maximum absolute atomic E-state index is 12.8. The summed E-state index contributed by atoms with van der Waals surface area (Å²) in [6, 6.07) is 11.9. The molecule has 1 aliphatic carbocycles. The molecule has 2 amide bonds. The SMILES string of the molecule is CNC(=O)C1(NC(=O)c2cccc(-c3cccc(=O)[nH]3)c2)CCCCC1. The van der Waals surface area contributed by atoms with Gasteiger partial charge in [-0.05, 0) is 36.6 Å². The number of hydrogen-bond acceptors (Lipinski definition) is 3. The molecule has 136 valence electrons. The lowest BCUT2D eigenvalue weighted by Crippen LogP contribution is -2.59. The minimum Gasteiger partial charge on any atom is -0.357 e. The first-order valence-corrected chi connectivity index (χ1v) is 8.88. The van der Waals surface area contributed by atoms with Gasteiger partial charge in [-0.2, -0.15) is 0 Å². The Morgan fingerprint density at radius 1 is 1.04 bits per heavy atom. The average molecular weight is 353 g/mol. The van der Waals surface area contributed by atoms with Crippen molar-refractivity contribution in [2.75, 3.05) is 7.05 Å². The summed E-state index contributed by atoms with van der Waals surface area (Å²) in [6.45, 7) is 0. The van der Waals surface area contributed by atoms with Gasteiger partial charge in [0.25, 0.3) is 5.91 Å². The highest BCUT2D eigenvalue weighted by molar-refractivity contribution is 6.00. The van der Waals surface area contributed by atoms with Crippen molar-refractivity contribution in [3.05, 3.63) is 58.4 Å². The van der Waals surface area contributed by atoms with Crippen LogP contribution in [0.3, 0.4) is 0 Å². The number of likely N-dealkylation sites (N-methyl/N-ethyl adjacent to an activating group) is 1. The Morgan fingerprint density at radius 3 is 2.46 bits per heavy atom. The number of carbonyl (C=O) groups is 2. The summed E-state index contributed by atoms with van der Waals surface area (Å²) in [5, 5.41) is 5.65. The third-order valence-corrected chi connectivity index (χ3v) is 4.93. The monoisotopic (exact) mass is 353 g/mol. The molecule has 1 aromatic carbocycles. The van der Waals surface area contributed by atoms with Gasteiger partial charge in [0.1, 0.15) is 5.54 Å². The van der Waals surface area contributed by atoms with E-state index in [2.05, 4.69) is 15.6 Å². The molecule has 1 aromatic heterocycles. The predicted molar refractivity (Wildman–Crippen MR) is 99.8 cm³/mol. The second kappa shape index (κ2) is 7.56. The molecule has 0 bridgehead atoms. The fourth-order valence-electron chi connectivity index (χ4n) is 3.54. The van der Waals surface area contributed by atoms with E-state index in [1.165, 1.54) is 6.07 Å². The second-order valence-corrected chi connectivity index (χ2v) is 6.69. The van der Waals surface area contributed by atoms with E-state index in [4.69, 9.17) is 0 Å². The van der Waals surface area contributed by atoms with E-state index in [9.17, 15) is 14.4 Å². The Labute approximate surface area is 152 Å². The summed E-state index contributed by atoms with van der Waals surface area (Å²) in [5.41, 5.74) is 0.805. The van der Waals surface area contributed by atoms with Gasteiger partial charge in [0.15, 0.2) is 0 Å². The van der Waals surface area contributed by atoms with Crippen molar-refractivity contribution in [1.29, 1.82) is 0 Å². The summed E-state index contributed by atoms with van der Waals surface area (Å²) < 4.78 is 0. The van der Waals surface area contributed by atoms with Crippen molar-refractivity contribution in [2.24, 2.45) is 0 Å². The number of aromatic nitrogens is 1. The van der Waals surface area contributed by atoms with Gasteiger partial charge in [-0.3, -0.25) is 14.4 Å². The van der Waals surface area contributed by atoms with Crippen LogP contribution >= 0.6 is 0 Å². The number of amides is 2. The van der Waals surface area contributed by atoms with Crippen LogP contribution in [0.4, 0.5) is 0 Å². The molecule has 6 nitrogen and oxygen atoms in total. The van der Waals surface area contributed by atoms with Crippen molar-refractivity contribution in [2.45, 2.75) is 37.6 Å². The Hall–Kier alpha value is -2.89. The Bertz CT molecular complexity index is 866. The lowest BCUT2D eigenvalue weighted by atomic mass is 9.80. The van der Waals surface area contributed by atoms with Gasteiger partial charge in [-0.15, -0.1) is 0 Å². The van der Waals surface area contributed by atoms with Gasteiger partial charge >= 0.3 is 0 Å². The van der Waals surface area contributed by atoms with Gasteiger partial charge in [-0.1, -0.05) is 37.5 Å². The number of benzene rings is 1. The molecule has 0 atom stereocenters. The second-order valence-electron chi connectivity index (χ2n) is 6.69. The quantitative estimate of drug-likeness (QED) is 0.787. The van der Waals surface area contributed by atoms with Gasteiger partial charge in [0.05, 0.1) is 0 Å². The topological polar surface area (TPSA) is 91.1 Å². The number of nitrogens with one attached hydrogen (secondary N) is 3. The molecule has 1 saturated carbocycles. The third kappa shape index (κ3) is 3.69. The zero-order chi connectivity index (χ0) is 18.6. The molecule has 0 radical (unpaired) electrons. The normalized spacial score (nSPS) is 15.9. The van der Waals surface area contributed by atoms with E-state index in [0.29, 0.717) is 24.1 Å². The van der Waals surface area contributed by atoms with Crippen LogP contribution in [0.15, 0.2) is 47.3 Å². The van der Waals surface area contributed by atoms with E-state index in [1.54, 1.807) is 37.4 Å². The molecule has 26 heavy (non-hydrogen) atoms. The Morgan fingerprint density at radius 2 is 1.77 bits per heavy atom. The Balaban J connectivity index is 1.86. The minimum atomic E-state index is -0.846. The predicted octanol–water partition coefficient (Wildman–Crippen LogP) is 2.22. The fourth-order valence-corrected chi connectivity index (χ4v) is 3.54. The molecule has 1 heterocycles. The molecule has 0 saturated heterocycles. The average Bonchev–Trinajstić information content (AvgIpc) is 2.68. The van der Waals surface area contributed by atoms with Crippen LogP contribution in [-0.2, 0) is 4.79 Å². The molecule has 1 fully saturated rings. The smallest absolute Gasteiger partial charge is 0.252 e. The van der Waals surface area contributed by atoms with Gasteiger partial charge in [0, 0.05) is 24.4 Å². The molecule has 1 aliphatic rings. The fraction of sp³-hybridized carbons (Fsp3) is 0.350. The molecule has 0 aliphatic heterocycles. The highest BCUT2D eigenvalue weighted by Gasteiger charge is 2.40. The van der Waals surface area contributed by atoms with Gasteiger partial charge < -0.3 is 15.6 Å². The maximum atomic E-state index is 12.8. The van der Waals surface area contributed by atoms with Gasteiger partial charge in [0.2, 0.25) is 11.5 Å². The van der Waals surface area contributed by atoms with E-state index < -0.39 is 5.54 Å². The van der Waals surface area contributed by atoms with Crippen LogP contribution in [0.5, 0.6) is 0 Å². The standard InChI is InChI=1S/C20H23N3O3/c1-21-19(26)20(11-3-2-4-12-20)23-18(25)15-8-5-7-14(13-15)16-9-6-10-17(24)22-16/h5-10,13H,2-4,11-12H2,1H3,(H,21,26)(H,22,24)(H,23,25). The van der Waals surface area contributed by atoms with E-state index >= 15 is 0 Å². The van der Waals surface area contributed by atoms with Crippen molar-refractivity contribution in [1.82, 2.24) is 15.6 Å². The number of carbonyl (C=O) groups excluding carboxylic acids is 2. The first kappa shape index (κ1) is 17.9. The molecule has 6 heteroatoms. The summed E-state index contributed by atoms with van der Waals surface area (Å²) in [4.78, 5) is 39.5. The highest BCUT2D eigenvalue weighted by atomic mass is 16.2. The largest absolute Gasteiger partial charge is 0.357 e. The number of hydrogen-bond donors (Lipinski definition) is 3. The first-order chi connectivity index (χ1) is 12.5. The highest BCUT2D eigenvalue weighted by Crippen LogP contribution is 2.29. The molecule has 2 aromatic rings. The number of rotatable bonds is 4. The van der Waals surface area contributed by atoms with E-state index in [-0.39, 0.29) is 17.4 Å². The number of pyridine rings is 1. The van der Waals surface area contributed by atoms with Crippen LogP contribution in [0, 0.1) is 0 Å². The lowest BCUT2D eigenvalue weighted by molar-refractivity contribution is -0.128. The molecule has 0 unspecified atom stereocenters. The lowest BCUT2D eigenvalue weighted by Gasteiger charge is -2.36. The molecular weight excluding hydrogens is 330 g/mol. The van der Waals surface area contributed by atoms with Crippen LogP contribution in [0.1, 0.15) is 42.5 Å². The third-order valence-electron chi connectivity index (χ3n) is 4.93. The van der Waals surface area contributed by atoms with Crippen LogP contribution < -0.4 is 16.2 Å². The van der Waals surface area contributed by atoms with E-state index in [0.717, 1.165) is 24.8 Å². The maximum Gasteiger partial charge on any atom is 0.252 e. The molecule has 0 spiro atoms. The van der Waals surface area contributed by atoms with Crippen molar-refractivity contribution < 1.29 is 9.59 Å². The zero-order valence-electron chi connectivity index (χ0n) is 14.8. The van der Waals surface area contributed by atoms with E-state index in [1.807, 2.05) is 6.07 Å². The number of aromatic amines is 1. The molecule has 3 N–H and O–H groups in total. The van der Waals surface area contributed by atoms with Crippen molar-refractivity contribution >= 4 is 11.8 Å². The van der Waals surface area contributed by atoms with Crippen LogP contribution in [0.2, 0.25) is 0 Å². The van der Waals surface area contributed by atoms with Gasteiger partial charge in [-0.25, -0.2) is 0 Å². The van der Waals surface area contributed by atoms with Crippen molar-refractivity contribution in [3.8, 4) is 11.3 Å². The van der Waals surface area contributed by atoms with Crippen molar-refractivity contribution in [3.63, 3.8) is 0 Å². The number of H-pyrrole nitrogens is 1. The summed E-state index contributed by atoms with van der Waals surface area (Å²) in [6.07, 6.45) is 4.19. The summed E-state index contributed by atoms with van der Waals surface area (Å²) >= 11 is 0. The first-order valence-electron chi connectivity index (χ1n) is 8.88. The minimum absolute atomic E-state index is 0.144. The zero-order valence-corrected chi connectivity index (χ0v) is 14.8. The van der Waals surface area contributed by atoms with Crippen LogP contribution in [-0.4, -0.2) is 29.4 Å². The molecule has 3 rings (SSSR count).